The van der Waals surface area contributed by atoms with Crippen molar-refractivity contribution in [3.8, 4) is 0 Å². The first-order valence-corrected chi connectivity index (χ1v) is 9.04. The number of hydrogen-bond acceptors (Lipinski definition) is 4. The number of likely N-dealkylation sites (tertiary alicyclic amines) is 1. The molecule has 2 aliphatic rings. The summed E-state index contributed by atoms with van der Waals surface area (Å²) >= 11 is 1.98. The van der Waals surface area contributed by atoms with E-state index in [-0.39, 0.29) is 30.8 Å². The minimum absolute atomic E-state index is 0.0231. The number of aliphatic hydroxyl groups is 1. The van der Waals surface area contributed by atoms with Crippen molar-refractivity contribution in [1.82, 2.24) is 4.90 Å². The SMILES string of the molecule is O=C(OCc1ccccc1)N1CC2(CCSCC2)CC1CO. The van der Waals surface area contributed by atoms with E-state index < -0.39 is 0 Å². The number of rotatable bonds is 3. The highest BCUT2D eigenvalue weighted by molar-refractivity contribution is 7.99. The Labute approximate surface area is 135 Å². The molecule has 0 bridgehead atoms. The Kier molecular flexibility index (Phi) is 4.93. The lowest BCUT2D eigenvalue weighted by molar-refractivity contribution is 0.0776. The van der Waals surface area contributed by atoms with Crippen molar-refractivity contribution in [2.24, 2.45) is 5.41 Å². The molecule has 1 unspecified atom stereocenters. The minimum atomic E-state index is -0.294. The van der Waals surface area contributed by atoms with Crippen LogP contribution in [0.15, 0.2) is 30.3 Å². The van der Waals surface area contributed by atoms with E-state index in [0.29, 0.717) is 0 Å². The fraction of sp³-hybridized carbons (Fsp3) is 0.588. The van der Waals surface area contributed by atoms with Crippen LogP contribution in [0.4, 0.5) is 4.79 Å². The van der Waals surface area contributed by atoms with Crippen molar-refractivity contribution in [3.05, 3.63) is 35.9 Å². The Morgan fingerprint density at radius 3 is 2.73 bits per heavy atom. The van der Waals surface area contributed by atoms with Crippen LogP contribution in [0.2, 0.25) is 0 Å². The third kappa shape index (κ3) is 3.41. The molecule has 2 heterocycles. The number of hydrogen-bond donors (Lipinski definition) is 1. The van der Waals surface area contributed by atoms with Crippen LogP contribution >= 0.6 is 11.8 Å². The van der Waals surface area contributed by atoms with Crippen LogP contribution in [0, 0.1) is 5.41 Å². The molecule has 3 rings (SSSR count). The number of aliphatic hydroxyl groups excluding tert-OH is 1. The van der Waals surface area contributed by atoms with Gasteiger partial charge in [-0.25, -0.2) is 4.79 Å². The maximum atomic E-state index is 12.4. The lowest BCUT2D eigenvalue weighted by Gasteiger charge is -2.32. The van der Waals surface area contributed by atoms with E-state index in [1.807, 2.05) is 42.1 Å². The summed E-state index contributed by atoms with van der Waals surface area (Å²) in [4.78, 5) is 14.2. The first-order valence-electron chi connectivity index (χ1n) is 7.88. The molecule has 2 fully saturated rings. The predicted molar refractivity (Wildman–Crippen MR) is 87.8 cm³/mol. The third-order valence-corrected chi connectivity index (χ3v) is 5.80. The van der Waals surface area contributed by atoms with Gasteiger partial charge in [-0.2, -0.15) is 11.8 Å². The second-order valence-electron chi connectivity index (χ2n) is 6.32. The van der Waals surface area contributed by atoms with Crippen LogP contribution < -0.4 is 0 Å². The van der Waals surface area contributed by atoms with Gasteiger partial charge in [0, 0.05) is 6.54 Å². The van der Waals surface area contributed by atoms with Gasteiger partial charge < -0.3 is 14.7 Å². The fourth-order valence-electron chi connectivity index (χ4n) is 3.51. The van der Waals surface area contributed by atoms with Crippen molar-refractivity contribution in [2.75, 3.05) is 24.7 Å². The first-order chi connectivity index (χ1) is 10.7. The molecule has 120 valence electrons. The van der Waals surface area contributed by atoms with Gasteiger partial charge in [0.25, 0.3) is 0 Å². The van der Waals surface area contributed by atoms with E-state index in [9.17, 15) is 9.90 Å². The Morgan fingerprint density at radius 2 is 2.05 bits per heavy atom. The molecule has 2 saturated heterocycles. The average molecular weight is 321 g/mol. The van der Waals surface area contributed by atoms with Gasteiger partial charge in [-0.3, -0.25) is 0 Å². The molecule has 1 N–H and O–H groups in total. The van der Waals surface area contributed by atoms with E-state index >= 15 is 0 Å². The summed E-state index contributed by atoms with van der Waals surface area (Å²) in [7, 11) is 0. The zero-order chi connectivity index (χ0) is 15.4. The molecule has 0 aromatic heterocycles. The molecule has 1 aromatic carbocycles. The van der Waals surface area contributed by atoms with E-state index in [2.05, 4.69) is 0 Å². The van der Waals surface area contributed by atoms with E-state index in [4.69, 9.17) is 4.74 Å². The van der Waals surface area contributed by atoms with Crippen molar-refractivity contribution < 1.29 is 14.6 Å². The number of nitrogens with zero attached hydrogens (tertiary/aromatic N) is 1. The normalized spacial score (nSPS) is 23.7. The molecule has 1 spiro atoms. The minimum Gasteiger partial charge on any atom is -0.445 e. The molecule has 22 heavy (non-hydrogen) atoms. The summed E-state index contributed by atoms with van der Waals surface area (Å²) in [5.74, 6) is 2.32. The molecule has 0 radical (unpaired) electrons. The van der Waals surface area contributed by atoms with Gasteiger partial charge in [-0.05, 0) is 41.7 Å². The highest BCUT2D eigenvalue weighted by atomic mass is 32.2. The lowest BCUT2D eigenvalue weighted by atomic mass is 9.80. The maximum Gasteiger partial charge on any atom is 0.410 e. The topological polar surface area (TPSA) is 49.8 Å². The second-order valence-corrected chi connectivity index (χ2v) is 7.55. The smallest absolute Gasteiger partial charge is 0.410 e. The lowest BCUT2D eigenvalue weighted by Crippen LogP contribution is -2.39. The van der Waals surface area contributed by atoms with Gasteiger partial charge in [-0.15, -0.1) is 0 Å². The molecule has 0 aliphatic carbocycles. The van der Waals surface area contributed by atoms with Gasteiger partial charge in [0.1, 0.15) is 6.61 Å². The summed E-state index contributed by atoms with van der Waals surface area (Å²) in [5.41, 5.74) is 1.18. The van der Waals surface area contributed by atoms with Crippen LogP contribution in [0.5, 0.6) is 0 Å². The van der Waals surface area contributed by atoms with Crippen LogP contribution in [0.25, 0.3) is 0 Å². The molecule has 4 nitrogen and oxygen atoms in total. The molecular weight excluding hydrogens is 298 g/mol. The van der Waals surface area contributed by atoms with Crippen LogP contribution in [0.1, 0.15) is 24.8 Å². The van der Waals surface area contributed by atoms with Crippen LogP contribution in [0.3, 0.4) is 0 Å². The quantitative estimate of drug-likeness (QED) is 0.930. The number of ether oxygens (including phenoxy) is 1. The number of benzene rings is 1. The highest BCUT2D eigenvalue weighted by Crippen LogP contribution is 2.45. The summed E-state index contributed by atoms with van der Waals surface area (Å²) in [5, 5.41) is 9.63. The van der Waals surface area contributed by atoms with Crippen molar-refractivity contribution >= 4 is 17.9 Å². The first kappa shape index (κ1) is 15.7. The van der Waals surface area contributed by atoms with Gasteiger partial charge in [0.15, 0.2) is 0 Å². The Hall–Kier alpha value is -1.20. The number of thioether (sulfide) groups is 1. The van der Waals surface area contributed by atoms with Gasteiger partial charge in [-0.1, -0.05) is 30.3 Å². The van der Waals surface area contributed by atoms with Crippen molar-refractivity contribution in [3.63, 3.8) is 0 Å². The fourth-order valence-corrected chi connectivity index (χ4v) is 4.87. The van der Waals surface area contributed by atoms with Crippen molar-refractivity contribution in [1.29, 1.82) is 0 Å². The molecule has 1 amide bonds. The van der Waals surface area contributed by atoms with Crippen LogP contribution in [-0.4, -0.2) is 46.8 Å². The largest absolute Gasteiger partial charge is 0.445 e. The van der Waals surface area contributed by atoms with Crippen LogP contribution in [-0.2, 0) is 11.3 Å². The molecule has 1 aromatic rings. The Balaban J connectivity index is 1.61. The average Bonchev–Trinajstić information content (AvgIpc) is 2.92. The number of carbonyl (C=O) groups is 1. The molecular formula is C17H23NO3S. The monoisotopic (exact) mass is 321 g/mol. The number of carbonyl (C=O) groups excluding carboxylic acids is 1. The summed E-state index contributed by atoms with van der Waals surface area (Å²) in [6.45, 7) is 1.04. The summed E-state index contributed by atoms with van der Waals surface area (Å²) in [6, 6.07) is 9.61. The van der Waals surface area contributed by atoms with E-state index in [1.54, 1.807) is 4.90 Å². The maximum absolute atomic E-state index is 12.4. The Bertz CT molecular complexity index is 502. The van der Waals surface area contributed by atoms with Gasteiger partial charge in [0.2, 0.25) is 0 Å². The van der Waals surface area contributed by atoms with Gasteiger partial charge in [0.05, 0.1) is 12.6 Å². The van der Waals surface area contributed by atoms with Gasteiger partial charge >= 0.3 is 6.09 Å². The second kappa shape index (κ2) is 6.92. The Morgan fingerprint density at radius 1 is 1.32 bits per heavy atom. The zero-order valence-electron chi connectivity index (χ0n) is 12.7. The molecule has 1 atom stereocenters. The van der Waals surface area contributed by atoms with Crippen molar-refractivity contribution in [2.45, 2.75) is 31.9 Å². The summed E-state index contributed by atoms with van der Waals surface area (Å²) in [6.07, 6.45) is 2.88. The number of amides is 1. The van der Waals surface area contributed by atoms with E-state index in [1.165, 1.54) is 0 Å². The summed E-state index contributed by atoms with van der Waals surface area (Å²) < 4.78 is 5.45. The standard InChI is InChI=1S/C17H23NO3S/c19-11-15-10-17(6-8-22-9-7-17)13-18(15)16(20)21-12-14-4-2-1-3-5-14/h1-5,15,19H,6-13H2. The highest BCUT2D eigenvalue weighted by Gasteiger charge is 2.46. The third-order valence-electron chi connectivity index (χ3n) is 4.82. The zero-order valence-corrected chi connectivity index (χ0v) is 13.6. The van der Waals surface area contributed by atoms with E-state index in [0.717, 1.165) is 42.9 Å². The molecule has 2 aliphatic heterocycles. The molecule has 0 saturated carbocycles. The molecule has 5 heteroatoms. The predicted octanol–water partition coefficient (Wildman–Crippen LogP) is 2.90.